The number of hydrogen-bond donors (Lipinski definition) is 1. The van der Waals surface area contributed by atoms with E-state index in [1.807, 2.05) is 36.4 Å². The molecule has 1 N–H and O–H groups in total. The third-order valence-corrected chi connectivity index (χ3v) is 8.07. The van der Waals surface area contributed by atoms with Gasteiger partial charge < -0.3 is 19.7 Å². The summed E-state index contributed by atoms with van der Waals surface area (Å²) >= 11 is 10.5. The van der Waals surface area contributed by atoms with Crippen molar-refractivity contribution in [2.24, 2.45) is 0 Å². The van der Waals surface area contributed by atoms with Crippen LogP contribution in [-0.2, 0) is 20.9 Å². The fourth-order valence-corrected chi connectivity index (χ4v) is 5.63. The number of carbonyl (C=O) groups is 3. The predicted molar refractivity (Wildman–Crippen MR) is 161 cm³/mol. The van der Waals surface area contributed by atoms with Crippen molar-refractivity contribution in [3.05, 3.63) is 92.3 Å². The van der Waals surface area contributed by atoms with Crippen LogP contribution in [0.3, 0.4) is 0 Å². The van der Waals surface area contributed by atoms with Crippen LogP contribution in [0.15, 0.2) is 76.1 Å². The summed E-state index contributed by atoms with van der Waals surface area (Å²) in [5, 5.41) is 2.84. The molecule has 2 aliphatic rings. The molecule has 2 saturated heterocycles. The fraction of sp³-hybridized carbons (Fsp3) is 0.207. The molecular formula is C29H25BrClN3O5S. The highest BCUT2D eigenvalue weighted by atomic mass is 79.9. The molecule has 0 bridgehead atoms. The van der Waals surface area contributed by atoms with Crippen molar-refractivity contribution >= 4 is 73.8 Å². The number of benzene rings is 3. The SMILES string of the molecule is O=C(CN1C(=O)S/C(=C/c2cc(Br)ccc2OCc2ccccc2Cl)C1=O)Nc1ccc(N2CCOCC2)cc1. The van der Waals surface area contributed by atoms with Gasteiger partial charge in [0.15, 0.2) is 0 Å². The number of halogens is 2. The summed E-state index contributed by atoms with van der Waals surface area (Å²) in [6.07, 6.45) is 1.60. The summed E-state index contributed by atoms with van der Waals surface area (Å²) in [5.74, 6) is -0.480. The molecule has 0 atom stereocenters. The molecule has 2 heterocycles. The van der Waals surface area contributed by atoms with E-state index in [2.05, 4.69) is 26.1 Å². The van der Waals surface area contributed by atoms with E-state index in [-0.39, 0.29) is 18.1 Å². The van der Waals surface area contributed by atoms with Gasteiger partial charge in [0.05, 0.1) is 18.1 Å². The summed E-state index contributed by atoms with van der Waals surface area (Å²) in [5.41, 5.74) is 3.05. The Balaban J connectivity index is 1.23. The minimum Gasteiger partial charge on any atom is -0.488 e. The van der Waals surface area contributed by atoms with E-state index in [9.17, 15) is 14.4 Å². The summed E-state index contributed by atoms with van der Waals surface area (Å²) in [6, 6.07) is 20.2. The average Bonchev–Trinajstić information content (AvgIpc) is 3.21. The molecule has 11 heteroatoms. The number of hydrogen-bond acceptors (Lipinski definition) is 7. The largest absolute Gasteiger partial charge is 0.488 e. The van der Waals surface area contributed by atoms with E-state index in [0.29, 0.717) is 35.2 Å². The van der Waals surface area contributed by atoms with Crippen LogP contribution in [0.2, 0.25) is 5.02 Å². The Morgan fingerprint density at radius 3 is 2.58 bits per heavy atom. The van der Waals surface area contributed by atoms with Gasteiger partial charge in [-0.05, 0) is 66.4 Å². The normalized spacial score (nSPS) is 16.5. The van der Waals surface area contributed by atoms with Gasteiger partial charge in [-0.1, -0.05) is 45.7 Å². The molecule has 3 amide bonds. The summed E-state index contributed by atoms with van der Waals surface area (Å²) in [4.78, 5) is 41.8. The maximum absolute atomic E-state index is 13.1. The number of nitrogens with one attached hydrogen (secondary N) is 1. The summed E-state index contributed by atoms with van der Waals surface area (Å²) < 4.78 is 12.2. The van der Waals surface area contributed by atoms with E-state index in [1.54, 1.807) is 36.4 Å². The molecular weight excluding hydrogens is 618 g/mol. The van der Waals surface area contributed by atoms with Crippen molar-refractivity contribution in [1.82, 2.24) is 4.90 Å². The maximum atomic E-state index is 13.1. The number of imide groups is 1. The lowest BCUT2D eigenvalue weighted by atomic mass is 10.1. The predicted octanol–water partition coefficient (Wildman–Crippen LogP) is 6.19. The lowest BCUT2D eigenvalue weighted by Gasteiger charge is -2.28. The number of morpholine rings is 1. The lowest BCUT2D eigenvalue weighted by Crippen LogP contribution is -2.36. The van der Waals surface area contributed by atoms with Gasteiger partial charge in [-0.2, -0.15) is 0 Å². The first-order chi connectivity index (χ1) is 19.4. The second-order valence-electron chi connectivity index (χ2n) is 9.02. The van der Waals surface area contributed by atoms with Crippen LogP contribution < -0.4 is 15.0 Å². The van der Waals surface area contributed by atoms with Gasteiger partial charge in [0.2, 0.25) is 5.91 Å². The lowest BCUT2D eigenvalue weighted by molar-refractivity contribution is -0.127. The number of thioether (sulfide) groups is 1. The first-order valence-electron chi connectivity index (χ1n) is 12.5. The number of carbonyl (C=O) groups excluding carboxylic acids is 3. The first kappa shape index (κ1) is 28.2. The monoisotopic (exact) mass is 641 g/mol. The van der Waals surface area contributed by atoms with Crippen LogP contribution in [0.25, 0.3) is 6.08 Å². The van der Waals surface area contributed by atoms with Gasteiger partial charge in [0, 0.05) is 45.1 Å². The van der Waals surface area contributed by atoms with Crippen molar-refractivity contribution in [3.8, 4) is 5.75 Å². The van der Waals surface area contributed by atoms with Gasteiger partial charge in [-0.25, -0.2) is 0 Å². The number of rotatable bonds is 8. The fourth-order valence-electron chi connectivity index (χ4n) is 4.23. The maximum Gasteiger partial charge on any atom is 0.294 e. The topological polar surface area (TPSA) is 88.2 Å². The number of nitrogens with zero attached hydrogens (tertiary/aromatic N) is 2. The van der Waals surface area contributed by atoms with Crippen LogP contribution in [0.5, 0.6) is 5.75 Å². The van der Waals surface area contributed by atoms with E-state index < -0.39 is 17.1 Å². The second kappa shape index (κ2) is 12.9. The number of amides is 3. The van der Waals surface area contributed by atoms with E-state index in [0.717, 1.165) is 45.5 Å². The highest BCUT2D eigenvalue weighted by Gasteiger charge is 2.36. The Kier molecular flexibility index (Phi) is 9.11. The Bertz CT molecular complexity index is 1460. The molecule has 8 nitrogen and oxygen atoms in total. The van der Waals surface area contributed by atoms with Crippen LogP contribution in [0.4, 0.5) is 16.2 Å². The van der Waals surface area contributed by atoms with Crippen molar-refractivity contribution in [3.63, 3.8) is 0 Å². The summed E-state index contributed by atoms with van der Waals surface area (Å²) in [6.45, 7) is 2.84. The first-order valence-corrected chi connectivity index (χ1v) is 14.5. The average molecular weight is 643 g/mol. The zero-order chi connectivity index (χ0) is 28.1. The zero-order valence-corrected chi connectivity index (χ0v) is 24.4. The van der Waals surface area contributed by atoms with Crippen LogP contribution in [0.1, 0.15) is 11.1 Å². The van der Waals surface area contributed by atoms with Crippen molar-refractivity contribution in [2.75, 3.05) is 43.1 Å². The molecule has 2 fully saturated rings. The van der Waals surface area contributed by atoms with Crippen molar-refractivity contribution < 1.29 is 23.9 Å². The molecule has 2 aliphatic heterocycles. The molecule has 0 radical (unpaired) electrons. The molecule has 40 heavy (non-hydrogen) atoms. The third kappa shape index (κ3) is 6.87. The summed E-state index contributed by atoms with van der Waals surface area (Å²) in [7, 11) is 0. The van der Waals surface area contributed by atoms with Gasteiger partial charge in [-0.15, -0.1) is 0 Å². The molecule has 0 unspecified atom stereocenters. The van der Waals surface area contributed by atoms with Gasteiger partial charge >= 0.3 is 0 Å². The van der Waals surface area contributed by atoms with Gasteiger partial charge in [0.25, 0.3) is 11.1 Å². The second-order valence-corrected chi connectivity index (χ2v) is 11.3. The molecule has 206 valence electrons. The Morgan fingerprint density at radius 1 is 1.07 bits per heavy atom. The number of anilines is 2. The molecule has 0 saturated carbocycles. The Morgan fingerprint density at radius 2 is 1.82 bits per heavy atom. The number of ether oxygens (including phenoxy) is 2. The van der Waals surface area contributed by atoms with Crippen LogP contribution in [-0.4, -0.2) is 54.8 Å². The zero-order valence-electron chi connectivity index (χ0n) is 21.3. The van der Waals surface area contributed by atoms with E-state index in [4.69, 9.17) is 21.1 Å². The molecule has 0 aromatic heterocycles. The van der Waals surface area contributed by atoms with Crippen molar-refractivity contribution in [1.29, 1.82) is 0 Å². The van der Waals surface area contributed by atoms with Gasteiger partial charge in [0.1, 0.15) is 18.9 Å². The van der Waals surface area contributed by atoms with Crippen LogP contribution in [0, 0.1) is 0 Å². The highest BCUT2D eigenvalue weighted by molar-refractivity contribution is 9.10. The molecule has 5 rings (SSSR count). The minimum atomic E-state index is -0.537. The third-order valence-electron chi connectivity index (χ3n) is 6.30. The quantitative estimate of drug-likeness (QED) is 0.293. The molecule has 0 aliphatic carbocycles. The molecule has 0 spiro atoms. The standard InChI is InChI=1S/C29H25BrClN3O5S/c30-21-5-10-25(39-18-19-3-1-2-4-24(19)31)20(15-21)16-26-28(36)34(29(37)40-26)17-27(35)32-22-6-8-23(9-7-22)33-11-13-38-14-12-33/h1-10,15-16H,11-14,17-18H2,(H,32,35)/b26-16+. The van der Waals surface area contributed by atoms with Crippen LogP contribution >= 0.6 is 39.3 Å². The highest BCUT2D eigenvalue weighted by Crippen LogP contribution is 2.35. The van der Waals surface area contributed by atoms with E-state index >= 15 is 0 Å². The van der Waals surface area contributed by atoms with E-state index in [1.165, 1.54) is 0 Å². The Labute approximate surface area is 249 Å². The Hall–Kier alpha value is -3.31. The molecule has 3 aromatic rings. The smallest absolute Gasteiger partial charge is 0.294 e. The van der Waals surface area contributed by atoms with Gasteiger partial charge in [-0.3, -0.25) is 19.3 Å². The minimum absolute atomic E-state index is 0.202. The molecule has 3 aromatic carbocycles. The van der Waals surface area contributed by atoms with Crippen molar-refractivity contribution in [2.45, 2.75) is 6.61 Å².